The maximum atomic E-state index is 4.92. The minimum atomic E-state index is 0.743. The molecular weight excluding hydrogens is 306 g/mol. The predicted octanol–water partition coefficient (Wildman–Crippen LogP) is 5.24. The topological polar surface area (TPSA) is 30.7 Å². The van der Waals surface area contributed by atoms with E-state index >= 15 is 0 Å². The van der Waals surface area contributed by atoms with Gasteiger partial charge in [-0.3, -0.25) is 0 Å². The van der Waals surface area contributed by atoms with Crippen LogP contribution in [0, 0.1) is 0 Å². The van der Waals surface area contributed by atoms with Gasteiger partial charge in [0, 0.05) is 17.1 Å². The largest absolute Gasteiger partial charge is 0.301 e. The molecule has 0 spiro atoms. The van der Waals surface area contributed by atoms with Gasteiger partial charge in [-0.1, -0.05) is 60.7 Å². The third-order valence-corrected chi connectivity index (χ3v) is 4.44. The van der Waals surface area contributed by atoms with Gasteiger partial charge in [-0.15, -0.1) is 0 Å². The molecule has 2 heterocycles. The highest BCUT2D eigenvalue weighted by Crippen LogP contribution is 2.27. The fourth-order valence-electron chi connectivity index (χ4n) is 3.23. The van der Waals surface area contributed by atoms with Crippen LogP contribution >= 0.6 is 0 Å². The lowest BCUT2D eigenvalue weighted by Crippen LogP contribution is -2.01. The number of benzene rings is 3. The molecule has 0 N–H and O–H groups in total. The van der Waals surface area contributed by atoms with E-state index in [0.717, 1.165) is 33.6 Å². The zero-order valence-electron chi connectivity index (χ0n) is 13.5. The Balaban J connectivity index is 1.85. The molecule has 0 bridgehead atoms. The van der Waals surface area contributed by atoms with Crippen LogP contribution in [0.3, 0.4) is 0 Å². The molecule has 0 atom stereocenters. The highest BCUT2D eigenvalue weighted by atomic mass is 15.1. The fraction of sp³-hybridized carbons (Fsp3) is 0. The molecule has 118 valence electrons. The molecule has 0 unspecified atom stereocenters. The summed E-state index contributed by atoms with van der Waals surface area (Å²) >= 11 is 0. The first kappa shape index (κ1) is 13.9. The van der Waals surface area contributed by atoms with Crippen LogP contribution in [0.4, 0.5) is 0 Å². The normalized spacial score (nSPS) is 11.2. The van der Waals surface area contributed by atoms with E-state index in [0.29, 0.717) is 0 Å². The van der Waals surface area contributed by atoms with Crippen LogP contribution in [0.5, 0.6) is 0 Å². The summed E-state index contributed by atoms with van der Waals surface area (Å²) in [5.74, 6) is 1.65. The summed E-state index contributed by atoms with van der Waals surface area (Å²) in [6, 6.07) is 28.7. The molecule has 3 nitrogen and oxygen atoms in total. The molecular formula is C22H15N3. The van der Waals surface area contributed by atoms with E-state index in [1.807, 2.05) is 48.5 Å². The second-order valence-electron chi connectivity index (χ2n) is 6.00. The van der Waals surface area contributed by atoms with E-state index in [9.17, 15) is 0 Å². The molecule has 3 aromatic carbocycles. The standard InChI is InChI=1S/C22H15N3/c1-2-9-17(10-3-1)21-23-19-12-6-5-11-18(19)22(24-21)25-15-14-16-8-4-7-13-20(16)25/h1-15H. The molecule has 5 aromatic rings. The lowest BCUT2D eigenvalue weighted by molar-refractivity contribution is 1.04. The number of nitrogens with zero attached hydrogens (tertiary/aromatic N) is 3. The average Bonchev–Trinajstić information content (AvgIpc) is 3.12. The van der Waals surface area contributed by atoms with Crippen molar-refractivity contribution < 1.29 is 0 Å². The SMILES string of the molecule is c1ccc(-c2nc(-n3ccc4ccccc43)c3ccccc3n2)cc1. The lowest BCUT2D eigenvalue weighted by atomic mass is 10.2. The summed E-state index contributed by atoms with van der Waals surface area (Å²) in [7, 11) is 0. The Hall–Kier alpha value is -3.46. The van der Waals surface area contributed by atoms with E-state index in [4.69, 9.17) is 9.97 Å². The first-order valence-corrected chi connectivity index (χ1v) is 8.29. The van der Waals surface area contributed by atoms with Crippen LogP contribution in [0.15, 0.2) is 91.1 Å². The smallest absolute Gasteiger partial charge is 0.162 e. The Morgan fingerprint density at radius 3 is 2.32 bits per heavy atom. The number of aromatic nitrogens is 3. The summed E-state index contributed by atoms with van der Waals surface area (Å²) in [5.41, 5.74) is 3.11. The van der Waals surface area contributed by atoms with Crippen molar-refractivity contribution in [3.63, 3.8) is 0 Å². The van der Waals surface area contributed by atoms with Gasteiger partial charge in [-0.25, -0.2) is 9.97 Å². The number of hydrogen-bond acceptors (Lipinski definition) is 2. The van der Waals surface area contributed by atoms with Gasteiger partial charge >= 0.3 is 0 Å². The van der Waals surface area contributed by atoms with Gasteiger partial charge < -0.3 is 4.57 Å². The second kappa shape index (κ2) is 5.56. The van der Waals surface area contributed by atoms with Gasteiger partial charge in [0.1, 0.15) is 5.82 Å². The monoisotopic (exact) mass is 321 g/mol. The summed E-state index contributed by atoms with van der Waals surface area (Å²) in [5, 5.41) is 2.25. The number of para-hydroxylation sites is 2. The highest BCUT2D eigenvalue weighted by Gasteiger charge is 2.12. The predicted molar refractivity (Wildman–Crippen MR) is 102 cm³/mol. The van der Waals surface area contributed by atoms with Gasteiger partial charge in [-0.05, 0) is 29.7 Å². The molecule has 0 fully saturated rings. The summed E-state index contributed by atoms with van der Waals surface area (Å²) in [6.07, 6.45) is 2.08. The molecule has 0 aliphatic rings. The molecule has 0 saturated heterocycles. The molecule has 0 saturated carbocycles. The molecule has 2 aromatic heterocycles. The molecule has 3 heteroatoms. The van der Waals surface area contributed by atoms with Gasteiger partial charge in [-0.2, -0.15) is 0 Å². The maximum Gasteiger partial charge on any atom is 0.162 e. The summed E-state index contributed by atoms with van der Waals surface area (Å²) < 4.78 is 2.14. The van der Waals surface area contributed by atoms with E-state index in [1.165, 1.54) is 5.39 Å². The van der Waals surface area contributed by atoms with E-state index in [2.05, 4.69) is 47.2 Å². The van der Waals surface area contributed by atoms with E-state index in [1.54, 1.807) is 0 Å². The van der Waals surface area contributed by atoms with Crippen LogP contribution in [0.1, 0.15) is 0 Å². The van der Waals surface area contributed by atoms with Gasteiger partial charge in [0.2, 0.25) is 0 Å². The van der Waals surface area contributed by atoms with Crippen molar-refractivity contribution in [2.24, 2.45) is 0 Å². The Bertz CT molecular complexity index is 1190. The van der Waals surface area contributed by atoms with E-state index in [-0.39, 0.29) is 0 Å². The van der Waals surface area contributed by atoms with E-state index < -0.39 is 0 Å². The number of fused-ring (bicyclic) bond motifs is 2. The zero-order valence-corrected chi connectivity index (χ0v) is 13.5. The molecule has 0 aliphatic heterocycles. The van der Waals surface area contributed by atoms with Crippen LogP contribution in [-0.4, -0.2) is 14.5 Å². The van der Waals surface area contributed by atoms with Crippen molar-refractivity contribution in [1.82, 2.24) is 14.5 Å². The van der Waals surface area contributed by atoms with Crippen LogP contribution in [0.25, 0.3) is 39.0 Å². The summed E-state index contributed by atoms with van der Waals surface area (Å²) in [4.78, 5) is 9.69. The van der Waals surface area contributed by atoms with Crippen molar-refractivity contribution >= 4 is 21.8 Å². The third kappa shape index (κ3) is 2.29. The van der Waals surface area contributed by atoms with Crippen molar-refractivity contribution in [3.8, 4) is 17.2 Å². The van der Waals surface area contributed by atoms with Gasteiger partial charge in [0.25, 0.3) is 0 Å². The zero-order chi connectivity index (χ0) is 16.6. The van der Waals surface area contributed by atoms with Gasteiger partial charge in [0.15, 0.2) is 5.82 Å². The van der Waals surface area contributed by atoms with Crippen LogP contribution < -0.4 is 0 Å². The first-order chi connectivity index (χ1) is 12.4. The van der Waals surface area contributed by atoms with Crippen LogP contribution in [0.2, 0.25) is 0 Å². The molecule has 0 amide bonds. The minimum Gasteiger partial charge on any atom is -0.301 e. The quantitative estimate of drug-likeness (QED) is 0.445. The average molecular weight is 321 g/mol. The number of hydrogen-bond donors (Lipinski definition) is 0. The van der Waals surface area contributed by atoms with Crippen molar-refractivity contribution in [1.29, 1.82) is 0 Å². The Kier molecular flexibility index (Phi) is 3.10. The maximum absolute atomic E-state index is 4.92. The highest BCUT2D eigenvalue weighted by molar-refractivity contribution is 5.90. The number of rotatable bonds is 2. The van der Waals surface area contributed by atoms with Gasteiger partial charge in [0.05, 0.1) is 11.0 Å². The Labute approximate surface area is 145 Å². The molecule has 25 heavy (non-hydrogen) atoms. The van der Waals surface area contributed by atoms with Crippen molar-refractivity contribution in [3.05, 3.63) is 91.1 Å². The molecule has 0 radical (unpaired) electrons. The molecule has 0 aliphatic carbocycles. The lowest BCUT2D eigenvalue weighted by Gasteiger charge is -2.11. The first-order valence-electron chi connectivity index (χ1n) is 8.29. The Morgan fingerprint density at radius 1 is 0.640 bits per heavy atom. The molecule has 5 rings (SSSR count). The van der Waals surface area contributed by atoms with Crippen molar-refractivity contribution in [2.45, 2.75) is 0 Å². The van der Waals surface area contributed by atoms with Crippen LogP contribution in [-0.2, 0) is 0 Å². The van der Waals surface area contributed by atoms with Crippen molar-refractivity contribution in [2.75, 3.05) is 0 Å². The minimum absolute atomic E-state index is 0.743. The fourth-order valence-corrected chi connectivity index (χ4v) is 3.23. The third-order valence-electron chi connectivity index (χ3n) is 4.44. The Morgan fingerprint density at radius 2 is 1.40 bits per heavy atom. The summed E-state index contributed by atoms with van der Waals surface area (Å²) in [6.45, 7) is 0. The second-order valence-corrected chi connectivity index (χ2v) is 6.00.